The van der Waals surface area contributed by atoms with E-state index in [1.807, 2.05) is 6.92 Å². The largest absolute Gasteiger partial charge is 0.381 e. The van der Waals surface area contributed by atoms with Crippen LogP contribution in [0.15, 0.2) is 0 Å². The van der Waals surface area contributed by atoms with Crippen LogP contribution < -0.4 is 10.6 Å². The summed E-state index contributed by atoms with van der Waals surface area (Å²) in [5, 5.41) is 14.7. The average molecular weight is 270 g/mol. The summed E-state index contributed by atoms with van der Waals surface area (Å²) >= 11 is 1.28. The Hall–Kier alpha value is -1.21. The molecule has 1 unspecified atom stereocenters. The Kier molecular flexibility index (Phi) is 4.89. The minimum absolute atomic E-state index is 0.143. The van der Waals surface area contributed by atoms with Gasteiger partial charge in [-0.2, -0.15) is 0 Å². The van der Waals surface area contributed by atoms with E-state index in [4.69, 9.17) is 4.74 Å². The molecule has 18 heavy (non-hydrogen) atoms. The summed E-state index contributed by atoms with van der Waals surface area (Å²) < 4.78 is 5.29. The Morgan fingerprint density at radius 2 is 2.44 bits per heavy atom. The molecule has 0 saturated carbocycles. The molecule has 2 heterocycles. The van der Waals surface area contributed by atoms with Gasteiger partial charge in [-0.25, -0.2) is 0 Å². The van der Waals surface area contributed by atoms with E-state index in [2.05, 4.69) is 20.8 Å². The summed E-state index contributed by atoms with van der Waals surface area (Å²) in [5.41, 5.74) is 0. The van der Waals surface area contributed by atoms with Gasteiger partial charge in [0.15, 0.2) is 0 Å². The van der Waals surface area contributed by atoms with Gasteiger partial charge in [0, 0.05) is 26.3 Å². The predicted molar refractivity (Wildman–Crippen MR) is 69.9 cm³/mol. The number of amides is 1. The van der Waals surface area contributed by atoms with Crippen molar-refractivity contribution in [3.05, 3.63) is 5.01 Å². The molecular formula is C11H18N4O2S. The van der Waals surface area contributed by atoms with Crippen molar-refractivity contribution in [2.45, 2.75) is 19.8 Å². The number of hydrogen-bond donors (Lipinski definition) is 2. The lowest BCUT2D eigenvalue weighted by molar-refractivity contribution is 0.0949. The van der Waals surface area contributed by atoms with Crippen LogP contribution in [0.4, 0.5) is 5.13 Å². The zero-order valence-corrected chi connectivity index (χ0v) is 11.3. The van der Waals surface area contributed by atoms with Gasteiger partial charge in [0.05, 0.1) is 0 Å². The molecule has 7 heteroatoms. The standard InChI is InChI=1S/C11H18N4O2S/c1-2-12-11-15-14-10(18-11)9(16)13-5-3-8-4-6-17-7-8/h8H,2-7H2,1H3,(H,12,15)(H,13,16). The third-order valence-electron chi connectivity index (χ3n) is 2.81. The number of carbonyl (C=O) groups is 1. The third-order valence-corrected chi connectivity index (χ3v) is 3.69. The minimum atomic E-state index is -0.143. The van der Waals surface area contributed by atoms with E-state index in [1.54, 1.807) is 0 Å². The number of ether oxygens (including phenoxy) is 1. The lowest BCUT2D eigenvalue weighted by Crippen LogP contribution is -2.26. The van der Waals surface area contributed by atoms with Crippen molar-refractivity contribution in [1.82, 2.24) is 15.5 Å². The first-order chi connectivity index (χ1) is 8.79. The Balaban J connectivity index is 1.72. The normalized spacial score (nSPS) is 18.8. The van der Waals surface area contributed by atoms with E-state index in [1.165, 1.54) is 11.3 Å². The van der Waals surface area contributed by atoms with Gasteiger partial charge in [-0.1, -0.05) is 11.3 Å². The maximum absolute atomic E-state index is 11.8. The first-order valence-electron chi connectivity index (χ1n) is 6.23. The molecule has 6 nitrogen and oxygen atoms in total. The molecule has 1 atom stereocenters. The first kappa shape index (κ1) is 13.2. The highest BCUT2D eigenvalue weighted by Gasteiger charge is 2.16. The molecule has 2 rings (SSSR count). The van der Waals surface area contributed by atoms with E-state index in [0.717, 1.165) is 32.6 Å². The van der Waals surface area contributed by atoms with Gasteiger partial charge >= 0.3 is 0 Å². The molecule has 100 valence electrons. The predicted octanol–water partition coefficient (Wildman–Crippen LogP) is 1.13. The first-order valence-corrected chi connectivity index (χ1v) is 7.04. The van der Waals surface area contributed by atoms with Crippen molar-refractivity contribution in [2.75, 3.05) is 31.6 Å². The Labute approximate surface area is 110 Å². The average Bonchev–Trinajstić information content (AvgIpc) is 3.00. The van der Waals surface area contributed by atoms with Crippen molar-refractivity contribution in [3.8, 4) is 0 Å². The molecule has 1 aliphatic rings. The molecule has 1 fully saturated rings. The Bertz CT molecular complexity index is 390. The number of hydrogen-bond acceptors (Lipinski definition) is 6. The monoisotopic (exact) mass is 270 g/mol. The number of anilines is 1. The molecule has 0 bridgehead atoms. The number of nitrogens with one attached hydrogen (secondary N) is 2. The van der Waals surface area contributed by atoms with Gasteiger partial charge in [0.2, 0.25) is 10.1 Å². The summed E-state index contributed by atoms with van der Waals surface area (Å²) in [7, 11) is 0. The van der Waals surface area contributed by atoms with Crippen molar-refractivity contribution in [3.63, 3.8) is 0 Å². The van der Waals surface area contributed by atoms with Crippen LogP contribution in [-0.4, -0.2) is 42.4 Å². The maximum Gasteiger partial charge on any atom is 0.282 e. The van der Waals surface area contributed by atoms with Crippen LogP contribution in [0.25, 0.3) is 0 Å². The van der Waals surface area contributed by atoms with Crippen LogP contribution in [0.1, 0.15) is 29.6 Å². The molecular weight excluding hydrogens is 252 g/mol. The zero-order chi connectivity index (χ0) is 12.8. The highest BCUT2D eigenvalue weighted by Crippen LogP contribution is 2.16. The Morgan fingerprint density at radius 1 is 1.56 bits per heavy atom. The molecule has 0 aromatic carbocycles. The van der Waals surface area contributed by atoms with Gasteiger partial charge < -0.3 is 15.4 Å². The van der Waals surface area contributed by atoms with Crippen LogP contribution in [0.5, 0.6) is 0 Å². The maximum atomic E-state index is 11.8. The van der Waals surface area contributed by atoms with Crippen LogP contribution in [-0.2, 0) is 4.74 Å². The van der Waals surface area contributed by atoms with E-state index in [9.17, 15) is 4.79 Å². The molecule has 1 saturated heterocycles. The SMILES string of the molecule is CCNc1nnc(C(=O)NCCC2CCOC2)s1. The number of nitrogens with zero attached hydrogens (tertiary/aromatic N) is 2. The lowest BCUT2D eigenvalue weighted by Gasteiger charge is -2.07. The quantitative estimate of drug-likeness (QED) is 0.810. The molecule has 1 aliphatic heterocycles. The second-order valence-electron chi connectivity index (χ2n) is 4.22. The van der Waals surface area contributed by atoms with Crippen LogP contribution in [0.2, 0.25) is 0 Å². The molecule has 1 amide bonds. The zero-order valence-electron chi connectivity index (χ0n) is 10.4. The smallest absolute Gasteiger partial charge is 0.282 e. The van der Waals surface area contributed by atoms with Gasteiger partial charge in [0.25, 0.3) is 5.91 Å². The van der Waals surface area contributed by atoms with Gasteiger partial charge in [-0.05, 0) is 25.7 Å². The fourth-order valence-electron chi connectivity index (χ4n) is 1.81. The summed E-state index contributed by atoms with van der Waals surface area (Å²) in [6.07, 6.45) is 2.06. The van der Waals surface area contributed by atoms with Gasteiger partial charge in [-0.15, -0.1) is 10.2 Å². The Morgan fingerprint density at radius 3 is 3.17 bits per heavy atom. The van der Waals surface area contributed by atoms with Crippen molar-refractivity contribution >= 4 is 22.4 Å². The van der Waals surface area contributed by atoms with Crippen molar-refractivity contribution in [1.29, 1.82) is 0 Å². The summed E-state index contributed by atoms with van der Waals surface area (Å²) in [6.45, 7) is 5.09. The van der Waals surface area contributed by atoms with E-state index < -0.39 is 0 Å². The number of carbonyl (C=O) groups excluding carboxylic acids is 1. The molecule has 0 aliphatic carbocycles. The fraction of sp³-hybridized carbons (Fsp3) is 0.727. The topological polar surface area (TPSA) is 76.1 Å². The number of aromatic nitrogens is 2. The summed E-state index contributed by atoms with van der Waals surface area (Å²) in [5.74, 6) is 0.438. The highest BCUT2D eigenvalue weighted by molar-refractivity contribution is 7.17. The fourth-order valence-corrected chi connectivity index (χ4v) is 2.54. The van der Waals surface area contributed by atoms with E-state index in [0.29, 0.717) is 22.6 Å². The third kappa shape index (κ3) is 3.64. The lowest BCUT2D eigenvalue weighted by atomic mass is 10.1. The van der Waals surface area contributed by atoms with Crippen LogP contribution in [0, 0.1) is 5.92 Å². The van der Waals surface area contributed by atoms with Crippen molar-refractivity contribution in [2.24, 2.45) is 5.92 Å². The molecule has 2 N–H and O–H groups in total. The summed E-state index contributed by atoms with van der Waals surface area (Å²) in [4.78, 5) is 11.8. The van der Waals surface area contributed by atoms with Gasteiger partial charge in [0.1, 0.15) is 0 Å². The summed E-state index contributed by atoms with van der Waals surface area (Å²) in [6, 6.07) is 0. The number of rotatable bonds is 6. The van der Waals surface area contributed by atoms with Crippen molar-refractivity contribution < 1.29 is 9.53 Å². The second-order valence-corrected chi connectivity index (χ2v) is 5.19. The molecule has 0 radical (unpaired) electrons. The minimum Gasteiger partial charge on any atom is -0.381 e. The van der Waals surface area contributed by atoms with E-state index >= 15 is 0 Å². The van der Waals surface area contributed by atoms with Crippen LogP contribution in [0.3, 0.4) is 0 Å². The van der Waals surface area contributed by atoms with Crippen LogP contribution >= 0.6 is 11.3 Å². The van der Waals surface area contributed by atoms with Gasteiger partial charge in [-0.3, -0.25) is 4.79 Å². The second kappa shape index (κ2) is 6.65. The molecule has 1 aromatic rings. The molecule has 1 aromatic heterocycles. The molecule has 0 spiro atoms. The van der Waals surface area contributed by atoms with E-state index in [-0.39, 0.29) is 5.91 Å². The highest BCUT2D eigenvalue weighted by atomic mass is 32.1.